The molecule has 0 bridgehead atoms. The van der Waals surface area contributed by atoms with Gasteiger partial charge in [0.1, 0.15) is 5.82 Å². The van der Waals surface area contributed by atoms with Crippen LogP contribution in [-0.2, 0) is 19.4 Å². The van der Waals surface area contributed by atoms with E-state index in [0.29, 0.717) is 22.6 Å². The van der Waals surface area contributed by atoms with Crippen LogP contribution in [0.25, 0.3) is 28.2 Å². The fourth-order valence-corrected chi connectivity index (χ4v) is 3.78. The van der Waals surface area contributed by atoms with Gasteiger partial charge in [0.2, 0.25) is 5.95 Å². The minimum Gasteiger partial charge on any atom is -0.334 e. The van der Waals surface area contributed by atoms with Crippen molar-refractivity contribution in [2.75, 3.05) is 5.32 Å². The maximum atomic E-state index is 13.8. The van der Waals surface area contributed by atoms with Gasteiger partial charge in [0, 0.05) is 36.9 Å². The highest BCUT2D eigenvalue weighted by atomic mass is 19.4. The molecule has 0 fully saturated rings. The summed E-state index contributed by atoms with van der Waals surface area (Å²) in [6, 6.07) is 6.45. The molecule has 7 nitrogen and oxygen atoms in total. The number of fused-ring (bicyclic) bond motifs is 1. The predicted octanol–water partition coefficient (Wildman–Crippen LogP) is 5.97. The van der Waals surface area contributed by atoms with Crippen LogP contribution >= 0.6 is 0 Å². The van der Waals surface area contributed by atoms with Gasteiger partial charge in [-0.3, -0.25) is 4.98 Å². The molecule has 1 aromatic carbocycles. The summed E-state index contributed by atoms with van der Waals surface area (Å²) >= 11 is 0. The number of benzene rings is 1. The lowest BCUT2D eigenvalue weighted by Crippen LogP contribution is -2.10. The Kier molecular flexibility index (Phi) is 5.42. The lowest BCUT2D eigenvalue weighted by atomic mass is 10.0. The second-order valence-electron chi connectivity index (χ2n) is 7.77. The van der Waals surface area contributed by atoms with Gasteiger partial charge in [-0.15, -0.1) is 0 Å². The van der Waals surface area contributed by atoms with Crippen molar-refractivity contribution in [1.82, 2.24) is 29.1 Å². The van der Waals surface area contributed by atoms with Crippen molar-refractivity contribution in [3.05, 3.63) is 78.5 Å². The molecular formula is C23H15F6N7. The van der Waals surface area contributed by atoms with Crippen molar-refractivity contribution < 1.29 is 26.3 Å². The lowest BCUT2D eigenvalue weighted by Gasteiger charge is -2.15. The smallest absolute Gasteiger partial charge is 0.334 e. The summed E-state index contributed by atoms with van der Waals surface area (Å²) in [5.74, 6) is 0.487. The molecule has 4 heterocycles. The molecule has 0 saturated heterocycles. The Hall–Kier alpha value is -4.42. The van der Waals surface area contributed by atoms with Crippen LogP contribution in [0.2, 0.25) is 0 Å². The number of imidazole rings is 2. The first-order chi connectivity index (χ1) is 17.0. The highest BCUT2D eigenvalue weighted by molar-refractivity contribution is 5.91. The number of nitrogens with one attached hydrogen (secondary N) is 1. The van der Waals surface area contributed by atoms with Gasteiger partial charge < -0.3 is 9.88 Å². The van der Waals surface area contributed by atoms with Crippen LogP contribution in [0, 0.1) is 0 Å². The zero-order valence-electron chi connectivity index (χ0n) is 18.3. The van der Waals surface area contributed by atoms with E-state index < -0.39 is 23.5 Å². The van der Waals surface area contributed by atoms with Crippen molar-refractivity contribution in [3.8, 4) is 22.6 Å². The summed E-state index contributed by atoms with van der Waals surface area (Å²) in [5.41, 5.74) is -1.05. The largest absolute Gasteiger partial charge is 0.418 e. The van der Waals surface area contributed by atoms with Crippen LogP contribution in [0.4, 0.5) is 38.0 Å². The van der Waals surface area contributed by atoms with Crippen LogP contribution < -0.4 is 5.32 Å². The molecule has 0 aliphatic carbocycles. The number of halogens is 6. The van der Waals surface area contributed by atoms with Crippen molar-refractivity contribution in [2.24, 2.45) is 7.05 Å². The Balaban J connectivity index is 1.66. The van der Waals surface area contributed by atoms with E-state index in [1.165, 1.54) is 47.5 Å². The van der Waals surface area contributed by atoms with Crippen molar-refractivity contribution in [2.45, 2.75) is 12.4 Å². The van der Waals surface area contributed by atoms with E-state index in [4.69, 9.17) is 0 Å². The third-order valence-electron chi connectivity index (χ3n) is 5.45. The topological polar surface area (TPSA) is 72.9 Å². The third-order valence-corrected chi connectivity index (χ3v) is 5.45. The SMILES string of the molecule is Cn1ccnc1-c1c(-c2ncccc2C(F)(F)F)cnn2c(Nc3ccc(C(F)(F)F)cc3)ncc12. The molecule has 4 aromatic heterocycles. The normalized spacial score (nSPS) is 12.3. The maximum absolute atomic E-state index is 13.8. The lowest BCUT2D eigenvalue weighted by molar-refractivity contribution is -0.138. The summed E-state index contributed by atoms with van der Waals surface area (Å²) in [7, 11) is 1.68. The fourth-order valence-electron chi connectivity index (χ4n) is 3.78. The fraction of sp³-hybridized carbons (Fsp3) is 0.130. The van der Waals surface area contributed by atoms with Crippen LogP contribution in [0.5, 0.6) is 0 Å². The number of rotatable bonds is 4. The quantitative estimate of drug-likeness (QED) is 0.306. The summed E-state index contributed by atoms with van der Waals surface area (Å²) in [6.45, 7) is 0. The van der Waals surface area contributed by atoms with E-state index >= 15 is 0 Å². The number of nitrogens with zero attached hydrogens (tertiary/aromatic N) is 6. The second-order valence-corrected chi connectivity index (χ2v) is 7.77. The number of anilines is 2. The van der Waals surface area contributed by atoms with Gasteiger partial charge in [0.25, 0.3) is 0 Å². The van der Waals surface area contributed by atoms with Gasteiger partial charge in [-0.05, 0) is 36.4 Å². The number of aromatic nitrogens is 6. The monoisotopic (exact) mass is 503 g/mol. The average molecular weight is 503 g/mol. The first-order valence-electron chi connectivity index (χ1n) is 10.4. The molecule has 0 aliphatic rings. The molecule has 0 spiro atoms. The molecule has 0 aliphatic heterocycles. The molecule has 36 heavy (non-hydrogen) atoms. The van der Waals surface area contributed by atoms with Gasteiger partial charge in [-0.1, -0.05) is 0 Å². The van der Waals surface area contributed by atoms with E-state index in [2.05, 4.69) is 25.4 Å². The van der Waals surface area contributed by atoms with Crippen LogP contribution in [0.3, 0.4) is 0 Å². The molecule has 0 saturated carbocycles. The maximum Gasteiger partial charge on any atom is 0.418 e. The highest BCUT2D eigenvalue weighted by Gasteiger charge is 2.36. The third kappa shape index (κ3) is 4.12. The van der Waals surface area contributed by atoms with Gasteiger partial charge in [0.15, 0.2) is 0 Å². The van der Waals surface area contributed by atoms with Crippen molar-refractivity contribution in [3.63, 3.8) is 0 Å². The Bertz CT molecular complexity index is 1550. The first-order valence-corrected chi connectivity index (χ1v) is 10.4. The molecule has 0 radical (unpaired) electrons. The number of hydrogen-bond acceptors (Lipinski definition) is 5. The summed E-state index contributed by atoms with van der Waals surface area (Å²) in [6.07, 6.45) is -2.13. The zero-order chi connectivity index (χ0) is 25.7. The Morgan fingerprint density at radius 3 is 2.22 bits per heavy atom. The second kappa shape index (κ2) is 8.36. The molecule has 5 rings (SSSR count). The molecule has 184 valence electrons. The van der Waals surface area contributed by atoms with Crippen molar-refractivity contribution >= 4 is 17.2 Å². The predicted molar refractivity (Wildman–Crippen MR) is 118 cm³/mol. The van der Waals surface area contributed by atoms with E-state index in [1.807, 2.05) is 0 Å². The highest BCUT2D eigenvalue weighted by Crippen LogP contribution is 2.40. The molecule has 5 aromatic rings. The average Bonchev–Trinajstić information content (AvgIpc) is 3.44. The Labute approximate surface area is 199 Å². The van der Waals surface area contributed by atoms with Crippen LogP contribution in [-0.4, -0.2) is 29.1 Å². The Morgan fingerprint density at radius 2 is 1.58 bits per heavy atom. The molecule has 0 unspecified atom stereocenters. The first kappa shape index (κ1) is 23.3. The minimum atomic E-state index is -4.66. The molecule has 0 amide bonds. The molecular weight excluding hydrogens is 488 g/mol. The summed E-state index contributed by atoms with van der Waals surface area (Å²) in [5, 5.41) is 7.15. The van der Waals surface area contributed by atoms with Crippen LogP contribution in [0.15, 0.2) is 67.4 Å². The van der Waals surface area contributed by atoms with Gasteiger partial charge >= 0.3 is 12.4 Å². The van der Waals surface area contributed by atoms with E-state index in [9.17, 15) is 26.3 Å². The Morgan fingerprint density at radius 1 is 0.833 bits per heavy atom. The zero-order valence-corrected chi connectivity index (χ0v) is 18.3. The van der Waals surface area contributed by atoms with Gasteiger partial charge in [0.05, 0.1) is 40.3 Å². The molecule has 13 heteroatoms. The van der Waals surface area contributed by atoms with Gasteiger partial charge in [-0.25, -0.2) is 9.97 Å². The number of aryl methyl sites for hydroxylation is 1. The standard InChI is InChI=1S/C23H15F6N7/c1-35-10-9-31-20(35)18-15(19-16(23(27,28)29)3-2-8-30-19)11-33-36-17(18)12-32-21(36)34-14-6-4-13(5-7-14)22(24,25)26/h2-12H,1H3,(H,32,34). The molecule has 1 N–H and O–H groups in total. The van der Waals surface area contributed by atoms with E-state index in [0.717, 1.165) is 18.2 Å². The van der Waals surface area contributed by atoms with E-state index in [1.54, 1.807) is 17.8 Å². The minimum absolute atomic E-state index is 0.0886. The summed E-state index contributed by atoms with van der Waals surface area (Å²) in [4.78, 5) is 12.5. The number of alkyl halides is 6. The number of hydrogen-bond donors (Lipinski definition) is 1. The van der Waals surface area contributed by atoms with E-state index in [-0.39, 0.29) is 17.2 Å². The van der Waals surface area contributed by atoms with Crippen LogP contribution in [0.1, 0.15) is 11.1 Å². The van der Waals surface area contributed by atoms with Crippen molar-refractivity contribution in [1.29, 1.82) is 0 Å². The number of pyridine rings is 1. The van der Waals surface area contributed by atoms with Gasteiger partial charge in [-0.2, -0.15) is 36.0 Å². The summed E-state index contributed by atoms with van der Waals surface area (Å²) < 4.78 is 82.9. The molecule has 0 atom stereocenters.